The predicted molar refractivity (Wildman–Crippen MR) is 153 cm³/mol. The number of benzene rings is 4. The number of ether oxygens (including phenoxy) is 2. The summed E-state index contributed by atoms with van der Waals surface area (Å²) in [4.78, 5) is 23.0. The molecule has 0 aliphatic carbocycles. The average molecular weight is 574 g/mol. The lowest BCUT2D eigenvalue weighted by molar-refractivity contribution is -0.384. The normalized spacial score (nSPS) is 10.9. The van der Waals surface area contributed by atoms with Crippen molar-refractivity contribution in [1.29, 1.82) is 5.26 Å². The molecule has 0 fully saturated rings. The Morgan fingerprint density at radius 1 is 0.925 bits per heavy atom. The highest BCUT2D eigenvalue weighted by molar-refractivity contribution is 6.32. The number of hydrogen-bond acceptors (Lipinski definition) is 6. The van der Waals surface area contributed by atoms with Crippen molar-refractivity contribution in [1.82, 2.24) is 0 Å². The molecule has 0 aliphatic heterocycles. The predicted octanol–water partition coefficient (Wildman–Crippen LogP) is 7.61. The Morgan fingerprint density at radius 2 is 1.65 bits per heavy atom. The topological polar surface area (TPSA) is 114 Å². The third-order valence-electron chi connectivity index (χ3n) is 5.64. The number of carbonyl (C=O) groups excluding carboxylic acids is 1. The van der Waals surface area contributed by atoms with Crippen LogP contribution >= 0.6 is 23.2 Å². The lowest BCUT2D eigenvalue weighted by Crippen LogP contribution is -2.13. The minimum atomic E-state index is -0.582. The number of amides is 1. The first-order valence-corrected chi connectivity index (χ1v) is 12.6. The van der Waals surface area contributed by atoms with Gasteiger partial charge >= 0.3 is 0 Å². The summed E-state index contributed by atoms with van der Waals surface area (Å²) in [6.07, 6.45) is 1.42. The van der Waals surface area contributed by atoms with Crippen LogP contribution in [0.1, 0.15) is 16.7 Å². The van der Waals surface area contributed by atoms with Crippen molar-refractivity contribution in [2.45, 2.75) is 13.2 Å². The third-order valence-corrected chi connectivity index (χ3v) is 6.30. The molecule has 200 valence electrons. The van der Waals surface area contributed by atoms with E-state index >= 15 is 0 Å². The van der Waals surface area contributed by atoms with E-state index in [-0.39, 0.29) is 22.9 Å². The number of anilines is 1. The lowest BCUT2D eigenvalue weighted by Gasteiger charge is -2.10. The van der Waals surface area contributed by atoms with Crippen LogP contribution in [0.2, 0.25) is 10.0 Å². The monoisotopic (exact) mass is 573 g/mol. The molecule has 0 spiro atoms. The van der Waals surface area contributed by atoms with Crippen LogP contribution in [0, 0.1) is 21.4 Å². The van der Waals surface area contributed by atoms with Crippen molar-refractivity contribution in [3.8, 4) is 17.6 Å². The molecule has 40 heavy (non-hydrogen) atoms. The summed E-state index contributed by atoms with van der Waals surface area (Å²) in [5.74, 6) is 0.401. The van der Waals surface area contributed by atoms with Crippen LogP contribution < -0.4 is 14.8 Å². The maximum Gasteiger partial charge on any atom is 0.269 e. The standard InChI is InChI=1S/C30H21Cl2N3O5/c31-27-4-2-1-3-22(27)19-39-26-12-8-24(9-13-26)34-30(36)23(17-33)15-21-7-14-29(28(32)16-21)40-18-20-5-10-25(11-6-20)35(37)38/h1-16H,18-19H2,(H,34,36)/b23-15+. The molecule has 0 atom stereocenters. The van der Waals surface area contributed by atoms with Gasteiger partial charge in [0.1, 0.15) is 36.4 Å². The average Bonchev–Trinajstić information content (AvgIpc) is 2.96. The molecule has 0 aliphatic rings. The Balaban J connectivity index is 1.35. The van der Waals surface area contributed by atoms with Gasteiger partial charge in [-0.05, 0) is 71.8 Å². The number of nitro groups is 1. The first-order valence-electron chi connectivity index (χ1n) is 11.9. The molecule has 1 N–H and O–H groups in total. The first-order chi connectivity index (χ1) is 19.3. The maximum absolute atomic E-state index is 12.7. The smallest absolute Gasteiger partial charge is 0.269 e. The minimum absolute atomic E-state index is 0.00845. The molecule has 4 aromatic rings. The summed E-state index contributed by atoms with van der Waals surface area (Å²) in [5.41, 5.74) is 2.48. The molecule has 0 saturated carbocycles. The van der Waals surface area contributed by atoms with E-state index < -0.39 is 10.8 Å². The van der Waals surface area contributed by atoms with E-state index in [1.807, 2.05) is 24.3 Å². The number of hydrogen-bond donors (Lipinski definition) is 1. The number of carbonyl (C=O) groups is 1. The van der Waals surface area contributed by atoms with Gasteiger partial charge in [0.25, 0.3) is 11.6 Å². The van der Waals surface area contributed by atoms with E-state index in [4.69, 9.17) is 32.7 Å². The Morgan fingerprint density at radius 3 is 2.30 bits per heavy atom. The molecule has 4 rings (SSSR count). The largest absolute Gasteiger partial charge is 0.489 e. The van der Waals surface area contributed by atoms with Gasteiger partial charge in [-0.1, -0.05) is 47.5 Å². The van der Waals surface area contributed by atoms with Crippen LogP contribution in [-0.4, -0.2) is 10.8 Å². The van der Waals surface area contributed by atoms with E-state index in [2.05, 4.69) is 5.32 Å². The lowest BCUT2D eigenvalue weighted by atomic mass is 10.1. The summed E-state index contributed by atoms with van der Waals surface area (Å²) in [5, 5.41) is 23.9. The van der Waals surface area contributed by atoms with E-state index in [0.717, 1.165) is 11.1 Å². The number of nitriles is 1. The summed E-state index contributed by atoms with van der Waals surface area (Å²) < 4.78 is 11.5. The fourth-order valence-corrected chi connectivity index (χ4v) is 3.96. The van der Waals surface area contributed by atoms with Gasteiger partial charge in [-0.3, -0.25) is 14.9 Å². The highest BCUT2D eigenvalue weighted by atomic mass is 35.5. The van der Waals surface area contributed by atoms with E-state index in [1.165, 1.54) is 18.2 Å². The van der Waals surface area contributed by atoms with Crippen LogP contribution in [-0.2, 0) is 18.0 Å². The number of halogens is 2. The van der Waals surface area contributed by atoms with Crippen LogP contribution in [0.15, 0.2) is 96.6 Å². The first kappa shape index (κ1) is 28.2. The minimum Gasteiger partial charge on any atom is -0.489 e. The van der Waals surface area contributed by atoms with Gasteiger partial charge in [-0.2, -0.15) is 5.26 Å². The molecule has 0 unspecified atom stereocenters. The van der Waals surface area contributed by atoms with Gasteiger partial charge in [-0.15, -0.1) is 0 Å². The number of nitro benzene ring substituents is 1. The molecule has 4 aromatic carbocycles. The summed E-state index contributed by atoms with van der Waals surface area (Å²) in [7, 11) is 0. The molecule has 0 heterocycles. The molecular formula is C30H21Cl2N3O5. The van der Waals surface area contributed by atoms with Crippen molar-refractivity contribution in [2.75, 3.05) is 5.32 Å². The number of nitrogens with zero attached hydrogens (tertiary/aromatic N) is 2. The molecule has 8 nitrogen and oxygen atoms in total. The van der Waals surface area contributed by atoms with Crippen LogP contribution in [0.3, 0.4) is 0 Å². The van der Waals surface area contributed by atoms with E-state index in [0.29, 0.717) is 34.4 Å². The van der Waals surface area contributed by atoms with Crippen molar-refractivity contribution in [2.24, 2.45) is 0 Å². The van der Waals surface area contributed by atoms with Gasteiger partial charge in [0.2, 0.25) is 0 Å². The Hall–Kier alpha value is -4.84. The highest BCUT2D eigenvalue weighted by Gasteiger charge is 2.12. The fourth-order valence-electron chi connectivity index (χ4n) is 3.52. The fraction of sp³-hybridized carbons (Fsp3) is 0.0667. The van der Waals surface area contributed by atoms with Gasteiger partial charge in [0.15, 0.2) is 0 Å². The third kappa shape index (κ3) is 7.60. The van der Waals surface area contributed by atoms with Gasteiger partial charge in [0.05, 0.1) is 9.95 Å². The van der Waals surface area contributed by atoms with Crippen LogP contribution in [0.5, 0.6) is 11.5 Å². The molecule has 0 saturated heterocycles. The second kappa shape index (κ2) is 13.3. The van der Waals surface area contributed by atoms with Gasteiger partial charge < -0.3 is 14.8 Å². The van der Waals surface area contributed by atoms with Gasteiger partial charge in [-0.25, -0.2) is 0 Å². The zero-order chi connectivity index (χ0) is 28.5. The second-order valence-corrected chi connectivity index (χ2v) is 9.24. The Bertz CT molecular complexity index is 1600. The molecule has 1 amide bonds. The Labute approximate surface area is 240 Å². The molecule has 0 bridgehead atoms. The zero-order valence-corrected chi connectivity index (χ0v) is 22.4. The SMILES string of the molecule is N#C/C(=C\c1ccc(OCc2ccc([N+](=O)[O-])cc2)c(Cl)c1)C(=O)Nc1ccc(OCc2ccccc2Cl)cc1. The molecule has 0 aromatic heterocycles. The number of rotatable bonds is 10. The maximum atomic E-state index is 12.7. The molecular weight excluding hydrogens is 553 g/mol. The van der Waals surface area contributed by atoms with E-state index in [9.17, 15) is 20.2 Å². The number of nitrogens with one attached hydrogen (secondary N) is 1. The second-order valence-electron chi connectivity index (χ2n) is 8.43. The molecule has 0 radical (unpaired) electrons. The Kier molecular flexibility index (Phi) is 9.36. The van der Waals surface area contributed by atoms with Crippen molar-refractivity contribution in [3.63, 3.8) is 0 Å². The summed E-state index contributed by atoms with van der Waals surface area (Å²) in [6, 6.07) is 26.9. The molecule has 10 heteroatoms. The number of non-ortho nitro benzene ring substituents is 1. The van der Waals surface area contributed by atoms with Crippen LogP contribution in [0.4, 0.5) is 11.4 Å². The van der Waals surface area contributed by atoms with E-state index in [1.54, 1.807) is 60.7 Å². The quantitative estimate of drug-likeness (QED) is 0.0903. The highest BCUT2D eigenvalue weighted by Crippen LogP contribution is 2.28. The van der Waals surface area contributed by atoms with Crippen molar-refractivity contribution >= 4 is 46.6 Å². The van der Waals surface area contributed by atoms with Gasteiger partial charge in [0, 0.05) is 28.4 Å². The van der Waals surface area contributed by atoms with Crippen LogP contribution in [0.25, 0.3) is 6.08 Å². The van der Waals surface area contributed by atoms with Crippen molar-refractivity contribution in [3.05, 3.63) is 133 Å². The summed E-state index contributed by atoms with van der Waals surface area (Å²) in [6.45, 7) is 0.457. The summed E-state index contributed by atoms with van der Waals surface area (Å²) >= 11 is 12.5. The van der Waals surface area contributed by atoms with Crippen molar-refractivity contribution < 1.29 is 19.2 Å². The zero-order valence-electron chi connectivity index (χ0n) is 20.8.